The van der Waals surface area contributed by atoms with Crippen molar-refractivity contribution in [3.8, 4) is 0 Å². The maximum absolute atomic E-state index is 4.88. The topological polar surface area (TPSA) is 57.5 Å². The van der Waals surface area contributed by atoms with E-state index in [0.717, 1.165) is 37.5 Å². The van der Waals surface area contributed by atoms with Crippen LogP contribution in [0.1, 0.15) is 63.3 Å². The largest absolute Gasteiger partial charge is 0.357 e. The molecular formula is C25H38N6. The van der Waals surface area contributed by atoms with Crippen LogP contribution >= 0.6 is 0 Å². The normalized spacial score (nSPS) is 21.2. The van der Waals surface area contributed by atoms with Crippen LogP contribution in [0.2, 0.25) is 0 Å². The number of nitrogens with one attached hydrogen (secondary N) is 2. The van der Waals surface area contributed by atoms with Crippen LogP contribution in [0.4, 0.5) is 0 Å². The van der Waals surface area contributed by atoms with Crippen molar-refractivity contribution in [1.29, 1.82) is 0 Å². The first-order valence-corrected chi connectivity index (χ1v) is 12.1. The average molecular weight is 423 g/mol. The Kier molecular flexibility index (Phi) is 7.99. The molecule has 1 unspecified atom stereocenters. The van der Waals surface area contributed by atoms with Crippen molar-refractivity contribution in [2.24, 2.45) is 4.99 Å². The van der Waals surface area contributed by atoms with Gasteiger partial charge in [0.25, 0.3) is 0 Å². The Balaban J connectivity index is 1.36. The van der Waals surface area contributed by atoms with Crippen molar-refractivity contribution < 1.29 is 0 Å². The van der Waals surface area contributed by atoms with Gasteiger partial charge in [0.2, 0.25) is 0 Å². The lowest BCUT2D eigenvalue weighted by molar-refractivity contribution is 0.115. The van der Waals surface area contributed by atoms with E-state index in [1.165, 1.54) is 57.1 Å². The third kappa shape index (κ3) is 6.33. The number of aromatic nitrogens is 2. The lowest BCUT2D eigenvalue weighted by Gasteiger charge is -2.40. The Morgan fingerprint density at radius 3 is 2.74 bits per heavy atom. The third-order valence-electron chi connectivity index (χ3n) is 6.61. The lowest BCUT2D eigenvalue weighted by atomic mass is 9.92. The number of benzene rings is 1. The summed E-state index contributed by atoms with van der Waals surface area (Å²) in [6.07, 6.45) is 13.4. The minimum absolute atomic E-state index is 0.470. The number of imidazole rings is 1. The second kappa shape index (κ2) is 11.3. The fourth-order valence-electron chi connectivity index (χ4n) is 4.98. The Hall–Kier alpha value is -2.34. The highest BCUT2D eigenvalue weighted by atomic mass is 15.2. The monoisotopic (exact) mass is 422 g/mol. The Bertz CT molecular complexity index is 808. The van der Waals surface area contributed by atoms with Gasteiger partial charge in [-0.1, -0.05) is 49.6 Å². The van der Waals surface area contributed by atoms with Crippen molar-refractivity contribution in [1.82, 2.24) is 25.1 Å². The van der Waals surface area contributed by atoms with Crippen LogP contribution in [0.3, 0.4) is 0 Å². The highest BCUT2D eigenvalue weighted by molar-refractivity contribution is 5.80. The maximum Gasteiger partial charge on any atom is 0.191 e. The van der Waals surface area contributed by atoms with E-state index in [-0.39, 0.29) is 0 Å². The second-order valence-corrected chi connectivity index (χ2v) is 8.92. The molecule has 168 valence electrons. The molecule has 1 aromatic carbocycles. The molecule has 0 bridgehead atoms. The second-order valence-electron chi connectivity index (χ2n) is 8.92. The molecule has 1 aliphatic heterocycles. The van der Waals surface area contributed by atoms with Gasteiger partial charge in [-0.05, 0) is 44.7 Å². The van der Waals surface area contributed by atoms with Crippen LogP contribution < -0.4 is 10.6 Å². The minimum Gasteiger partial charge on any atom is -0.357 e. The summed E-state index contributed by atoms with van der Waals surface area (Å²) in [6.45, 7) is 6.79. The SMILES string of the molecule is CCNC(=NCc1nccn1Cc1ccccc1)NC1CCCN(C2CCCCC2)C1. The summed E-state index contributed by atoms with van der Waals surface area (Å²) >= 11 is 0. The predicted octanol–water partition coefficient (Wildman–Crippen LogP) is 3.78. The molecule has 2 N–H and O–H groups in total. The summed E-state index contributed by atoms with van der Waals surface area (Å²) in [7, 11) is 0. The molecule has 6 nitrogen and oxygen atoms in total. The Morgan fingerprint density at radius 1 is 1.10 bits per heavy atom. The van der Waals surface area contributed by atoms with E-state index in [9.17, 15) is 0 Å². The number of hydrogen-bond acceptors (Lipinski definition) is 3. The number of aliphatic imine (C=N–C) groups is 1. The molecule has 1 aromatic heterocycles. The van der Waals surface area contributed by atoms with Crippen molar-refractivity contribution in [2.75, 3.05) is 19.6 Å². The molecule has 1 aliphatic carbocycles. The van der Waals surface area contributed by atoms with Crippen LogP contribution in [-0.2, 0) is 13.1 Å². The van der Waals surface area contributed by atoms with Crippen LogP contribution in [0.15, 0.2) is 47.7 Å². The van der Waals surface area contributed by atoms with E-state index in [0.29, 0.717) is 12.6 Å². The van der Waals surface area contributed by atoms with Crippen LogP contribution in [0.25, 0.3) is 0 Å². The summed E-state index contributed by atoms with van der Waals surface area (Å²) in [5.74, 6) is 1.90. The van der Waals surface area contributed by atoms with E-state index in [2.05, 4.69) is 62.3 Å². The molecule has 6 heteroatoms. The summed E-state index contributed by atoms with van der Waals surface area (Å²) in [5, 5.41) is 7.16. The van der Waals surface area contributed by atoms with Crippen molar-refractivity contribution in [2.45, 2.75) is 77.0 Å². The average Bonchev–Trinajstić information content (AvgIpc) is 3.26. The molecule has 2 heterocycles. The van der Waals surface area contributed by atoms with Crippen LogP contribution in [0, 0.1) is 0 Å². The van der Waals surface area contributed by atoms with Gasteiger partial charge in [-0.25, -0.2) is 9.98 Å². The Morgan fingerprint density at radius 2 is 1.94 bits per heavy atom. The number of guanidine groups is 1. The molecule has 2 fully saturated rings. The number of likely N-dealkylation sites (tertiary alicyclic amines) is 1. The standard InChI is InChI=1S/C25H38N6/c1-2-26-25(29-22-12-9-16-30(20-22)23-13-7-4-8-14-23)28-18-24-27-15-17-31(24)19-21-10-5-3-6-11-21/h3,5-6,10-11,15,17,22-23H,2,4,7-9,12-14,16,18-20H2,1H3,(H2,26,28,29). The zero-order valence-electron chi connectivity index (χ0n) is 19.0. The zero-order chi connectivity index (χ0) is 21.3. The molecule has 31 heavy (non-hydrogen) atoms. The molecule has 0 spiro atoms. The first-order valence-electron chi connectivity index (χ1n) is 12.1. The molecule has 2 aliphatic rings. The highest BCUT2D eigenvalue weighted by Crippen LogP contribution is 2.25. The maximum atomic E-state index is 4.88. The van der Waals surface area contributed by atoms with Crippen molar-refractivity contribution >= 4 is 5.96 Å². The fraction of sp³-hybridized carbons (Fsp3) is 0.600. The quantitative estimate of drug-likeness (QED) is 0.527. The van der Waals surface area contributed by atoms with Gasteiger partial charge in [-0.15, -0.1) is 0 Å². The molecule has 1 saturated carbocycles. The third-order valence-corrected chi connectivity index (χ3v) is 6.61. The number of rotatable bonds is 7. The number of hydrogen-bond donors (Lipinski definition) is 2. The molecule has 1 atom stereocenters. The van der Waals surface area contributed by atoms with Gasteiger partial charge in [0, 0.05) is 44.1 Å². The zero-order valence-corrected chi connectivity index (χ0v) is 19.0. The Labute approximate surface area is 187 Å². The number of nitrogens with zero attached hydrogens (tertiary/aromatic N) is 4. The molecular weight excluding hydrogens is 384 g/mol. The van der Waals surface area contributed by atoms with E-state index >= 15 is 0 Å². The lowest BCUT2D eigenvalue weighted by Crippen LogP contribution is -2.53. The molecule has 4 rings (SSSR count). The smallest absolute Gasteiger partial charge is 0.191 e. The van der Waals surface area contributed by atoms with Crippen LogP contribution in [-0.4, -0.2) is 52.1 Å². The van der Waals surface area contributed by atoms with Gasteiger partial charge in [-0.3, -0.25) is 4.90 Å². The van der Waals surface area contributed by atoms with E-state index in [4.69, 9.17) is 4.99 Å². The molecule has 0 amide bonds. The van der Waals surface area contributed by atoms with Gasteiger partial charge < -0.3 is 15.2 Å². The first-order chi connectivity index (χ1) is 15.3. The summed E-state index contributed by atoms with van der Waals surface area (Å²) in [5.41, 5.74) is 1.28. The fourth-order valence-corrected chi connectivity index (χ4v) is 4.98. The summed E-state index contributed by atoms with van der Waals surface area (Å²) < 4.78 is 2.19. The first kappa shape index (κ1) is 21.9. The highest BCUT2D eigenvalue weighted by Gasteiger charge is 2.27. The van der Waals surface area contributed by atoms with Crippen molar-refractivity contribution in [3.05, 3.63) is 54.1 Å². The summed E-state index contributed by atoms with van der Waals surface area (Å²) in [6, 6.07) is 11.8. The molecule has 2 aromatic rings. The minimum atomic E-state index is 0.470. The van der Waals surface area contributed by atoms with Gasteiger partial charge in [-0.2, -0.15) is 0 Å². The van der Waals surface area contributed by atoms with Gasteiger partial charge in [0.1, 0.15) is 12.4 Å². The van der Waals surface area contributed by atoms with Gasteiger partial charge in [0.15, 0.2) is 5.96 Å². The van der Waals surface area contributed by atoms with E-state index in [1.54, 1.807) is 0 Å². The van der Waals surface area contributed by atoms with Gasteiger partial charge in [0.05, 0.1) is 0 Å². The van der Waals surface area contributed by atoms with Gasteiger partial charge >= 0.3 is 0 Å². The van der Waals surface area contributed by atoms with Crippen LogP contribution in [0.5, 0.6) is 0 Å². The number of piperidine rings is 1. The summed E-state index contributed by atoms with van der Waals surface area (Å²) in [4.78, 5) is 12.2. The van der Waals surface area contributed by atoms with E-state index < -0.39 is 0 Å². The molecule has 0 radical (unpaired) electrons. The van der Waals surface area contributed by atoms with E-state index in [1.807, 2.05) is 12.4 Å². The predicted molar refractivity (Wildman–Crippen MR) is 127 cm³/mol. The molecule has 1 saturated heterocycles. The van der Waals surface area contributed by atoms with Crippen molar-refractivity contribution in [3.63, 3.8) is 0 Å².